The van der Waals surface area contributed by atoms with E-state index in [4.69, 9.17) is 5.73 Å². The average molecular weight is 254 g/mol. The van der Waals surface area contributed by atoms with Crippen LogP contribution < -0.4 is 11.1 Å². The minimum absolute atomic E-state index is 0.0543. The molecule has 3 N–H and O–H groups in total. The van der Waals surface area contributed by atoms with Gasteiger partial charge in [-0.3, -0.25) is 4.79 Å². The van der Waals surface area contributed by atoms with Crippen molar-refractivity contribution in [2.45, 2.75) is 6.54 Å². The highest BCUT2D eigenvalue weighted by molar-refractivity contribution is 7.99. The monoisotopic (exact) mass is 254 g/mol. The maximum Gasteiger partial charge on any atom is 0.230 e. The Morgan fingerprint density at radius 1 is 1.69 bits per heavy atom. The van der Waals surface area contributed by atoms with Crippen molar-refractivity contribution in [3.05, 3.63) is 21.9 Å². The van der Waals surface area contributed by atoms with Gasteiger partial charge in [0.25, 0.3) is 0 Å². The third-order valence-electron chi connectivity index (χ3n) is 1.79. The molecular weight excluding hydrogens is 240 g/mol. The number of hydrogen-bond donors (Lipinski definition) is 2. The number of amides is 1. The van der Waals surface area contributed by atoms with Gasteiger partial charge >= 0.3 is 0 Å². The van der Waals surface area contributed by atoms with Crippen LogP contribution in [0.25, 0.3) is 0 Å². The van der Waals surface area contributed by atoms with E-state index in [2.05, 4.69) is 17.2 Å². The zero-order valence-corrected chi connectivity index (χ0v) is 10.7. The summed E-state index contributed by atoms with van der Waals surface area (Å²) in [6.07, 6.45) is 1.91. The summed E-state index contributed by atoms with van der Waals surface area (Å²) >= 11 is 3.11. The molecule has 86 valence electrons. The van der Waals surface area contributed by atoms with Crippen molar-refractivity contribution in [1.29, 1.82) is 0 Å². The molecule has 1 aromatic heterocycles. The molecular formula is C11H14N2OS2. The van der Waals surface area contributed by atoms with E-state index in [9.17, 15) is 4.79 Å². The van der Waals surface area contributed by atoms with Crippen LogP contribution in [-0.4, -0.2) is 24.5 Å². The van der Waals surface area contributed by atoms with E-state index in [1.807, 2.05) is 17.7 Å². The minimum atomic E-state index is 0.0543. The molecule has 5 heteroatoms. The molecule has 0 radical (unpaired) electrons. The van der Waals surface area contributed by atoms with Crippen molar-refractivity contribution < 1.29 is 4.79 Å². The third-order valence-corrected chi connectivity index (χ3v) is 3.26. The Hall–Kier alpha value is -0.960. The summed E-state index contributed by atoms with van der Waals surface area (Å²) in [7, 11) is 0. The lowest BCUT2D eigenvalue weighted by molar-refractivity contribution is -0.118. The first-order chi connectivity index (χ1) is 7.77. The van der Waals surface area contributed by atoms with Crippen LogP contribution in [0, 0.1) is 11.8 Å². The summed E-state index contributed by atoms with van der Waals surface area (Å²) in [5.74, 6) is 6.35. The van der Waals surface area contributed by atoms with Gasteiger partial charge < -0.3 is 11.1 Å². The second-order valence-electron chi connectivity index (χ2n) is 2.97. The number of rotatable bonds is 4. The summed E-state index contributed by atoms with van der Waals surface area (Å²) in [4.78, 5) is 12.4. The first-order valence-electron chi connectivity index (χ1n) is 4.79. The molecule has 1 rings (SSSR count). The van der Waals surface area contributed by atoms with Crippen LogP contribution in [0.1, 0.15) is 10.4 Å². The fourth-order valence-corrected chi connectivity index (χ4v) is 2.23. The van der Waals surface area contributed by atoms with E-state index >= 15 is 0 Å². The minimum Gasteiger partial charge on any atom is -0.350 e. The van der Waals surface area contributed by atoms with Gasteiger partial charge in [-0.2, -0.15) is 11.8 Å². The smallest absolute Gasteiger partial charge is 0.230 e. The van der Waals surface area contributed by atoms with Crippen LogP contribution >= 0.6 is 23.1 Å². The molecule has 0 aliphatic rings. The first-order valence-corrected chi connectivity index (χ1v) is 7.06. The maximum atomic E-state index is 11.3. The van der Waals surface area contributed by atoms with Crippen LogP contribution in [0.2, 0.25) is 0 Å². The standard InChI is InChI=1S/C11H14N2OS2/c1-15-8-11(14)13-7-10-9(3-2-5-12)4-6-16-10/h4,6H,5,7-8,12H2,1H3,(H,13,14). The molecule has 0 atom stereocenters. The highest BCUT2D eigenvalue weighted by Crippen LogP contribution is 2.15. The zero-order chi connectivity index (χ0) is 11.8. The topological polar surface area (TPSA) is 55.1 Å². The van der Waals surface area contributed by atoms with Crippen LogP contribution in [0.15, 0.2) is 11.4 Å². The molecule has 1 amide bonds. The summed E-state index contributed by atoms with van der Waals surface area (Å²) < 4.78 is 0. The number of carbonyl (C=O) groups excluding carboxylic acids is 1. The number of nitrogens with one attached hydrogen (secondary N) is 1. The van der Waals surface area contributed by atoms with E-state index in [1.165, 1.54) is 11.8 Å². The van der Waals surface area contributed by atoms with Gasteiger partial charge in [0.1, 0.15) is 0 Å². The lowest BCUT2D eigenvalue weighted by atomic mass is 10.2. The summed E-state index contributed by atoms with van der Waals surface area (Å²) in [6.45, 7) is 0.903. The molecule has 0 unspecified atom stereocenters. The second kappa shape index (κ2) is 7.34. The molecule has 0 aromatic carbocycles. The van der Waals surface area contributed by atoms with Gasteiger partial charge in [0.15, 0.2) is 0 Å². The summed E-state index contributed by atoms with van der Waals surface area (Å²) in [5, 5.41) is 4.82. The van der Waals surface area contributed by atoms with Gasteiger partial charge in [-0.05, 0) is 17.7 Å². The molecule has 0 aliphatic heterocycles. The molecule has 3 nitrogen and oxygen atoms in total. The van der Waals surface area contributed by atoms with E-state index in [0.29, 0.717) is 18.8 Å². The van der Waals surface area contributed by atoms with Crippen LogP contribution in [0.5, 0.6) is 0 Å². The number of carbonyl (C=O) groups is 1. The Morgan fingerprint density at radius 3 is 3.19 bits per heavy atom. The lowest BCUT2D eigenvalue weighted by Gasteiger charge is -2.02. The van der Waals surface area contributed by atoms with E-state index in [-0.39, 0.29) is 5.91 Å². The number of thiophene rings is 1. The fourth-order valence-electron chi connectivity index (χ4n) is 1.10. The zero-order valence-electron chi connectivity index (χ0n) is 9.08. The van der Waals surface area contributed by atoms with Crippen molar-refractivity contribution >= 4 is 29.0 Å². The summed E-state index contributed by atoms with van der Waals surface area (Å²) in [5.41, 5.74) is 6.27. The maximum absolute atomic E-state index is 11.3. The highest BCUT2D eigenvalue weighted by atomic mass is 32.2. The van der Waals surface area contributed by atoms with Gasteiger partial charge in [-0.15, -0.1) is 11.3 Å². The van der Waals surface area contributed by atoms with Gasteiger partial charge in [-0.25, -0.2) is 0 Å². The predicted molar refractivity (Wildman–Crippen MR) is 70.5 cm³/mol. The molecule has 0 aliphatic carbocycles. The number of nitrogens with two attached hydrogens (primary N) is 1. The lowest BCUT2D eigenvalue weighted by Crippen LogP contribution is -2.24. The van der Waals surface area contributed by atoms with Gasteiger partial charge in [0.2, 0.25) is 5.91 Å². The van der Waals surface area contributed by atoms with Crippen molar-refractivity contribution in [2.24, 2.45) is 5.73 Å². The molecule has 1 aromatic rings. The highest BCUT2D eigenvalue weighted by Gasteiger charge is 2.04. The van der Waals surface area contributed by atoms with Gasteiger partial charge in [-0.1, -0.05) is 11.8 Å². The van der Waals surface area contributed by atoms with Crippen molar-refractivity contribution in [1.82, 2.24) is 5.32 Å². The van der Waals surface area contributed by atoms with E-state index in [0.717, 1.165) is 10.4 Å². The Kier molecular flexibility index (Phi) is 6.01. The van der Waals surface area contributed by atoms with Crippen molar-refractivity contribution in [2.75, 3.05) is 18.6 Å². The Labute approximate surface area is 104 Å². The van der Waals surface area contributed by atoms with Crippen LogP contribution in [0.4, 0.5) is 0 Å². The number of hydrogen-bond acceptors (Lipinski definition) is 4. The fraction of sp³-hybridized carbons (Fsp3) is 0.364. The van der Waals surface area contributed by atoms with Crippen LogP contribution in [0.3, 0.4) is 0 Å². The molecule has 0 saturated carbocycles. The molecule has 0 saturated heterocycles. The number of thioether (sulfide) groups is 1. The van der Waals surface area contributed by atoms with E-state index in [1.54, 1.807) is 11.3 Å². The van der Waals surface area contributed by atoms with E-state index < -0.39 is 0 Å². The SMILES string of the molecule is CSCC(=O)NCc1sccc1C#CCN. The molecule has 0 spiro atoms. The Morgan fingerprint density at radius 2 is 2.50 bits per heavy atom. The first kappa shape index (κ1) is 13.1. The molecule has 0 fully saturated rings. The molecule has 0 bridgehead atoms. The Balaban J connectivity index is 2.54. The van der Waals surface area contributed by atoms with Gasteiger partial charge in [0.05, 0.1) is 18.8 Å². The molecule has 16 heavy (non-hydrogen) atoms. The van der Waals surface area contributed by atoms with Crippen molar-refractivity contribution in [3.63, 3.8) is 0 Å². The third kappa shape index (κ3) is 4.27. The average Bonchev–Trinajstić information content (AvgIpc) is 2.71. The predicted octanol–water partition coefficient (Wildman–Crippen LogP) is 1.04. The normalized spacial score (nSPS) is 9.38. The Bertz CT molecular complexity index is 404. The largest absolute Gasteiger partial charge is 0.350 e. The van der Waals surface area contributed by atoms with Crippen molar-refractivity contribution in [3.8, 4) is 11.8 Å². The van der Waals surface area contributed by atoms with Crippen LogP contribution in [-0.2, 0) is 11.3 Å². The van der Waals surface area contributed by atoms with Gasteiger partial charge in [0, 0.05) is 10.4 Å². The summed E-state index contributed by atoms with van der Waals surface area (Å²) in [6, 6.07) is 1.95. The quantitative estimate of drug-likeness (QED) is 0.789. The molecule has 1 heterocycles. The second-order valence-corrected chi connectivity index (χ2v) is 4.84.